The van der Waals surface area contributed by atoms with E-state index in [0.29, 0.717) is 5.56 Å². The highest BCUT2D eigenvalue weighted by Gasteiger charge is 2.25. The van der Waals surface area contributed by atoms with Gasteiger partial charge >= 0.3 is 0 Å². The zero-order valence-corrected chi connectivity index (χ0v) is 16.7. The summed E-state index contributed by atoms with van der Waals surface area (Å²) in [4.78, 5) is 32.0. The number of carbonyl (C=O) groups excluding carboxylic acids is 2. The number of aromatic nitrogens is 2. The number of ketones is 2. The minimum absolute atomic E-state index is 0.0342. The van der Waals surface area contributed by atoms with Gasteiger partial charge in [0.25, 0.3) is 10.0 Å². The highest BCUT2D eigenvalue weighted by molar-refractivity contribution is 7.92. The predicted molar refractivity (Wildman–Crippen MR) is 109 cm³/mol. The van der Waals surface area contributed by atoms with Crippen molar-refractivity contribution in [1.29, 1.82) is 0 Å². The molecular weight excluding hydrogens is 406 g/mol. The monoisotopic (exact) mass is 423 g/mol. The smallest absolute Gasteiger partial charge is 0.266 e. The molecule has 0 bridgehead atoms. The maximum atomic E-state index is 12.7. The van der Waals surface area contributed by atoms with Crippen LogP contribution in [-0.2, 0) is 14.8 Å². The second-order valence-corrected chi connectivity index (χ2v) is 7.76. The Labute approximate surface area is 173 Å². The van der Waals surface area contributed by atoms with Gasteiger partial charge in [0.15, 0.2) is 17.6 Å². The normalized spacial score (nSPS) is 12.4. The van der Waals surface area contributed by atoms with Crippen LogP contribution in [0.1, 0.15) is 17.3 Å². The average molecular weight is 423 g/mol. The van der Waals surface area contributed by atoms with Crippen LogP contribution in [-0.4, -0.2) is 36.0 Å². The second-order valence-electron chi connectivity index (χ2n) is 6.10. The van der Waals surface area contributed by atoms with Gasteiger partial charge in [0.2, 0.25) is 5.95 Å². The van der Waals surface area contributed by atoms with E-state index in [2.05, 4.69) is 24.9 Å². The summed E-state index contributed by atoms with van der Waals surface area (Å²) < 4.78 is 27.7. The quantitative estimate of drug-likeness (QED) is 0.336. The van der Waals surface area contributed by atoms with Crippen molar-refractivity contribution in [3.63, 3.8) is 0 Å². The Morgan fingerprint density at radius 3 is 2.23 bits per heavy atom. The standard InChI is InChI=1S/C20H17N5O4S/c1-14(26)18(19(27)15-8-3-2-4-9-15)24-23-16-10-5-6-11-17(16)30(28,29)25-20-21-12-7-13-22-20/h2-13,18H,1H3,(H,21,22,25). The van der Waals surface area contributed by atoms with E-state index in [1.165, 1.54) is 37.5 Å². The van der Waals surface area contributed by atoms with E-state index in [9.17, 15) is 18.0 Å². The summed E-state index contributed by atoms with van der Waals surface area (Å²) in [7, 11) is -4.08. The molecule has 0 spiro atoms. The van der Waals surface area contributed by atoms with E-state index >= 15 is 0 Å². The summed E-state index contributed by atoms with van der Waals surface area (Å²) in [6.45, 7) is 1.22. The van der Waals surface area contributed by atoms with Gasteiger partial charge in [-0.15, -0.1) is 0 Å². The highest BCUT2D eigenvalue weighted by atomic mass is 32.2. The van der Waals surface area contributed by atoms with Gasteiger partial charge in [-0.25, -0.2) is 23.1 Å². The average Bonchev–Trinajstić information content (AvgIpc) is 2.75. The summed E-state index contributed by atoms with van der Waals surface area (Å²) in [6, 6.07) is 14.2. The van der Waals surface area contributed by atoms with E-state index in [4.69, 9.17) is 0 Å². The van der Waals surface area contributed by atoms with E-state index in [0.717, 1.165) is 0 Å². The van der Waals surface area contributed by atoms with Crippen molar-refractivity contribution in [3.05, 3.63) is 78.6 Å². The van der Waals surface area contributed by atoms with Gasteiger partial charge in [-0.05, 0) is 25.1 Å². The summed E-state index contributed by atoms with van der Waals surface area (Å²) in [6.07, 6.45) is 2.78. The molecule has 1 unspecified atom stereocenters. The fraction of sp³-hybridized carbons (Fsp3) is 0.100. The molecule has 3 aromatic rings. The summed E-state index contributed by atoms with van der Waals surface area (Å²) in [5.74, 6) is -1.14. The van der Waals surface area contributed by atoms with Gasteiger partial charge < -0.3 is 0 Å². The maximum absolute atomic E-state index is 12.7. The molecule has 0 radical (unpaired) electrons. The van der Waals surface area contributed by atoms with Crippen molar-refractivity contribution in [3.8, 4) is 0 Å². The third-order valence-electron chi connectivity index (χ3n) is 3.92. The molecule has 0 saturated carbocycles. The number of azo groups is 1. The van der Waals surface area contributed by atoms with Crippen molar-refractivity contribution in [2.75, 3.05) is 4.72 Å². The Morgan fingerprint density at radius 1 is 0.933 bits per heavy atom. The predicted octanol–water partition coefficient (Wildman–Crippen LogP) is 3.20. The van der Waals surface area contributed by atoms with Crippen LogP contribution in [0.3, 0.4) is 0 Å². The molecule has 2 aromatic carbocycles. The SMILES string of the molecule is CC(=O)C(N=Nc1ccccc1S(=O)(=O)Nc1ncccn1)C(=O)c1ccccc1. The van der Waals surface area contributed by atoms with Gasteiger partial charge in [-0.2, -0.15) is 10.2 Å². The number of hydrogen-bond acceptors (Lipinski definition) is 8. The molecule has 1 heterocycles. The molecule has 0 aliphatic carbocycles. The van der Waals surface area contributed by atoms with Gasteiger partial charge in [0.05, 0.1) is 0 Å². The Bertz CT molecular complexity index is 1180. The second kappa shape index (κ2) is 9.14. The molecular formula is C20H17N5O4S. The molecule has 1 aromatic heterocycles. The van der Waals surface area contributed by atoms with Gasteiger partial charge in [0.1, 0.15) is 10.6 Å². The topological polar surface area (TPSA) is 131 Å². The minimum atomic E-state index is -4.08. The van der Waals surface area contributed by atoms with Crippen molar-refractivity contribution >= 4 is 33.2 Å². The minimum Gasteiger partial charge on any atom is -0.297 e. The molecule has 1 N–H and O–H groups in total. The van der Waals surface area contributed by atoms with Gasteiger partial charge in [0, 0.05) is 18.0 Å². The van der Waals surface area contributed by atoms with Crippen LogP contribution in [0, 0.1) is 0 Å². The van der Waals surface area contributed by atoms with Gasteiger partial charge in [-0.3, -0.25) is 9.59 Å². The van der Waals surface area contributed by atoms with Crippen molar-refractivity contribution in [2.24, 2.45) is 10.2 Å². The van der Waals surface area contributed by atoms with E-state index in [-0.39, 0.29) is 16.5 Å². The summed E-state index contributed by atoms with van der Waals surface area (Å²) in [5, 5.41) is 7.76. The number of carbonyl (C=O) groups is 2. The number of hydrogen-bond donors (Lipinski definition) is 1. The Morgan fingerprint density at radius 2 is 1.57 bits per heavy atom. The molecule has 1 atom stereocenters. The number of benzene rings is 2. The van der Waals surface area contributed by atoms with Crippen molar-refractivity contribution in [2.45, 2.75) is 17.9 Å². The van der Waals surface area contributed by atoms with Crippen molar-refractivity contribution < 1.29 is 18.0 Å². The molecule has 0 aliphatic rings. The summed E-state index contributed by atoms with van der Waals surface area (Å²) in [5.41, 5.74) is 0.272. The zero-order valence-electron chi connectivity index (χ0n) is 15.8. The third kappa shape index (κ3) is 4.97. The van der Waals surface area contributed by atoms with Crippen LogP contribution in [0.25, 0.3) is 0 Å². The largest absolute Gasteiger partial charge is 0.297 e. The Hall–Kier alpha value is -3.79. The molecule has 9 nitrogen and oxygen atoms in total. The fourth-order valence-corrected chi connectivity index (χ4v) is 3.59. The maximum Gasteiger partial charge on any atom is 0.266 e. The lowest BCUT2D eigenvalue weighted by molar-refractivity contribution is -0.117. The van der Waals surface area contributed by atoms with Crippen LogP contribution in [0.15, 0.2) is 88.2 Å². The van der Waals surface area contributed by atoms with E-state index in [1.54, 1.807) is 42.5 Å². The first-order chi connectivity index (χ1) is 14.4. The molecule has 152 valence electrons. The van der Waals surface area contributed by atoms with Crippen LogP contribution in [0.4, 0.5) is 11.6 Å². The van der Waals surface area contributed by atoms with E-state index < -0.39 is 27.6 Å². The number of anilines is 1. The number of nitrogens with zero attached hydrogens (tertiary/aromatic N) is 4. The third-order valence-corrected chi connectivity index (χ3v) is 5.29. The lowest BCUT2D eigenvalue weighted by Gasteiger charge is -2.09. The molecule has 10 heteroatoms. The van der Waals surface area contributed by atoms with Crippen LogP contribution in [0.2, 0.25) is 0 Å². The first-order valence-corrected chi connectivity index (χ1v) is 10.3. The summed E-state index contributed by atoms with van der Waals surface area (Å²) >= 11 is 0. The Kier molecular flexibility index (Phi) is 6.38. The first-order valence-electron chi connectivity index (χ1n) is 8.78. The molecule has 0 saturated heterocycles. The Balaban J connectivity index is 1.92. The first kappa shape index (κ1) is 20.9. The zero-order chi connectivity index (χ0) is 21.6. The molecule has 0 aliphatic heterocycles. The highest BCUT2D eigenvalue weighted by Crippen LogP contribution is 2.26. The van der Waals surface area contributed by atoms with Gasteiger partial charge in [-0.1, -0.05) is 42.5 Å². The molecule has 0 amide bonds. The van der Waals surface area contributed by atoms with E-state index in [1.807, 2.05) is 0 Å². The fourth-order valence-electron chi connectivity index (χ4n) is 2.49. The van der Waals surface area contributed by atoms with Crippen LogP contribution >= 0.6 is 0 Å². The molecule has 0 fully saturated rings. The molecule has 30 heavy (non-hydrogen) atoms. The number of Topliss-reactive ketones (excluding diaryl/α,β-unsaturated/α-hetero) is 2. The lowest BCUT2D eigenvalue weighted by atomic mass is 10.0. The number of rotatable bonds is 8. The molecule has 3 rings (SSSR count). The number of sulfonamides is 1. The van der Waals surface area contributed by atoms with Crippen molar-refractivity contribution in [1.82, 2.24) is 9.97 Å². The lowest BCUT2D eigenvalue weighted by Crippen LogP contribution is -2.26. The number of nitrogens with one attached hydrogen (secondary N) is 1. The van der Waals surface area contributed by atoms with Crippen LogP contribution < -0.4 is 4.72 Å². The van der Waals surface area contributed by atoms with Crippen LogP contribution in [0.5, 0.6) is 0 Å².